The highest BCUT2D eigenvalue weighted by Crippen LogP contribution is 2.31. The lowest BCUT2D eigenvalue weighted by Crippen LogP contribution is -2.34. The summed E-state index contributed by atoms with van der Waals surface area (Å²) in [4.78, 5) is 12.6. The number of para-hydroxylation sites is 1. The van der Waals surface area contributed by atoms with E-state index >= 15 is 0 Å². The summed E-state index contributed by atoms with van der Waals surface area (Å²) >= 11 is 0. The fourth-order valence-electron chi connectivity index (χ4n) is 2.88. The SMILES string of the molecule is C[C@H](NC(=O)C1CCNc2ccccc21)c1ccccc1. The number of hydrogen-bond acceptors (Lipinski definition) is 2. The topological polar surface area (TPSA) is 41.1 Å². The molecule has 3 rings (SSSR count). The minimum atomic E-state index is -0.0615. The Labute approximate surface area is 125 Å². The van der Waals surface area contributed by atoms with E-state index in [1.807, 2.05) is 61.5 Å². The number of rotatable bonds is 3. The van der Waals surface area contributed by atoms with Crippen LogP contribution in [-0.2, 0) is 4.79 Å². The van der Waals surface area contributed by atoms with Gasteiger partial charge in [0.25, 0.3) is 0 Å². The minimum absolute atomic E-state index is 0.0285. The van der Waals surface area contributed by atoms with Crippen molar-refractivity contribution in [2.45, 2.75) is 25.3 Å². The van der Waals surface area contributed by atoms with Crippen LogP contribution in [-0.4, -0.2) is 12.5 Å². The molecule has 2 N–H and O–H groups in total. The maximum absolute atomic E-state index is 12.6. The van der Waals surface area contributed by atoms with E-state index in [1.54, 1.807) is 0 Å². The molecule has 1 aliphatic heterocycles. The van der Waals surface area contributed by atoms with Crippen LogP contribution >= 0.6 is 0 Å². The molecule has 21 heavy (non-hydrogen) atoms. The highest BCUT2D eigenvalue weighted by atomic mass is 16.1. The van der Waals surface area contributed by atoms with Gasteiger partial charge in [0, 0.05) is 12.2 Å². The standard InChI is InChI=1S/C18H20N2O/c1-13(14-7-3-2-4-8-14)20-18(21)16-11-12-19-17-10-6-5-9-15(16)17/h2-10,13,16,19H,11-12H2,1H3,(H,20,21)/t13-,16?/m0/s1. The highest BCUT2D eigenvalue weighted by Gasteiger charge is 2.26. The van der Waals surface area contributed by atoms with Gasteiger partial charge in [-0.1, -0.05) is 48.5 Å². The Balaban J connectivity index is 1.75. The lowest BCUT2D eigenvalue weighted by Gasteiger charge is -2.27. The van der Waals surface area contributed by atoms with Crippen molar-refractivity contribution in [1.29, 1.82) is 0 Å². The van der Waals surface area contributed by atoms with E-state index in [4.69, 9.17) is 0 Å². The van der Waals surface area contributed by atoms with Gasteiger partial charge >= 0.3 is 0 Å². The molecule has 108 valence electrons. The van der Waals surface area contributed by atoms with Crippen LogP contribution in [0.3, 0.4) is 0 Å². The van der Waals surface area contributed by atoms with Gasteiger partial charge in [-0.3, -0.25) is 4.79 Å². The number of anilines is 1. The van der Waals surface area contributed by atoms with Gasteiger partial charge in [-0.05, 0) is 30.5 Å². The first kappa shape index (κ1) is 13.7. The fraction of sp³-hybridized carbons (Fsp3) is 0.278. The predicted molar refractivity (Wildman–Crippen MR) is 85.3 cm³/mol. The molecule has 1 unspecified atom stereocenters. The second kappa shape index (κ2) is 6.00. The van der Waals surface area contributed by atoms with Crippen LogP contribution in [0.5, 0.6) is 0 Å². The molecular weight excluding hydrogens is 260 g/mol. The maximum Gasteiger partial charge on any atom is 0.228 e. The van der Waals surface area contributed by atoms with Gasteiger partial charge in [0.2, 0.25) is 5.91 Å². The van der Waals surface area contributed by atoms with Crippen LogP contribution < -0.4 is 10.6 Å². The first-order chi connectivity index (χ1) is 10.3. The van der Waals surface area contributed by atoms with Gasteiger partial charge in [-0.2, -0.15) is 0 Å². The van der Waals surface area contributed by atoms with E-state index < -0.39 is 0 Å². The third-order valence-electron chi connectivity index (χ3n) is 4.06. The lowest BCUT2D eigenvalue weighted by molar-refractivity contribution is -0.123. The van der Waals surface area contributed by atoms with Crippen LogP contribution in [0.15, 0.2) is 54.6 Å². The van der Waals surface area contributed by atoms with Gasteiger partial charge in [0.1, 0.15) is 0 Å². The van der Waals surface area contributed by atoms with Crippen molar-refractivity contribution in [2.24, 2.45) is 0 Å². The summed E-state index contributed by atoms with van der Waals surface area (Å²) in [6.45, 7) is 2.87. The first-order valence-corrected chi connectivity index (χ1v) is 7.44. The van der Waals surface area contributed by atoms with Gasteiger partial charge in [0.05, 0.1) is 12.0 Å². The number of fused-ring (bicyclic) bond motifs is 1. The monoisotopic (exact) mass is 280 g/mol. The van der Waals surface area contributed by atoms with Crippen LogP contribution in [0, 0.1) is 0 Å². The van der Waals surface area contributed by atoms with Gasteiger partial charge < -0.3 is 10.6 Å². The zero-order chi connectivity index (χ0) is 14.7. The summed E-state index contributed by atoms with van der Waals surface area (Å²) in [5, 5.41) is 6.49. The zero-order valence-electron chi connectivity index (χ0n) is 12.2. The minimum Gasteiger partial charge on any atom is -0.385 e. The van der Waals surface area contributed by atoms with Crippen LogP contribution in [0.4, 0.5) is 5.69 Å². The summed E-state index contributed by atoms with van der Waals surface area (Å²) < 4.78 is 0. The molecule has 1 heterocycles. The fourth-order valence-corrected chi connectivity index (χ4v) is 2.88. The molecule has 0 aromatic heterocycles. The summed E-state index contributed by atoms with van der Waals surface area (Å²) in [6.07, 6.45) is 0.838. The summed E-state index contributed by atoms with van der Waals surface area (Å²) in [5.74, 6) is 0.0499. The van der Waals surface area contributed by atoms with Crippen molar-refractivity contribution in [1.82, 2.24) is 5.32 Å². The third kappa shape index (κ3) is 2.92. The van der Waals surface area contributed by atoms with E-state index in [0.717, 1.165) is 29.8 Å². The normalized spacial score (nSPS) is 18.2. The molecule has 0 bridgehead atoms. The molecule has 3 heteroatoms. The molecular formula is C18H20N2O. The van der Waals surface area contributed by atoms with Crippen LogP contribution in [0.2, 0.25) is 0 Å². The summed E-state index contributed by atoms with van der Waals surface area (Å²) in [6, 6.07) is 18.2. The molecule has 3 nitrogen and oxygen atoms in total. The Hall–Kier alpha value is -2.29. The Morgan fingerprint density at radius 2 is 1.86 bits per heavy atom. The maximum atomic E-state index is 12.6. The molecule has 0 saturated heterocycles. The van der Waals surface area contributed by atoms with Gasteiger partial charge in [-0.25, -0.2) is 0 Å². The zero-order valence-corrected chi connectivity index (χ0v) is 12.2. The number of benzene rings is 2. The molecule has 1 aliphatic rings. The molecule has 2 aromatic carbocycles. The Morgan fingerprint density at radius 1 is 1.14 bits per heavy atom. The second-order valence-corrected chi connectivity index (χ2v) is 5.50. The predicted octanol–water partition coefficient (Wildman–Crippen LogP) is 3.46. The second-order valence-electron chi connectivity index (χ2n) is 5.50. The van der Waals surface area contributed by atoms with Gasteiger partial charge in [-0.15, -0.1) is 0 Å². The number of nitrogens with one attached hydrogen (secondary N) is 2. The lowest BCUT2D eigenvalue weighted by atomic mass is 9.90. The number of amides is 1. The first-order valence-electron chi connectivity index (χ1n) is 7.44. The van der Waals surface area contributed by atoms with E-state index in [9.17, 15) is 4.79 Å². The highest BCUT2D eigenvalue weighted by molar-refractivity contribution is 5.86. The van der Waals surface area contributed by atoms with Gasteiger partial charge in [0.15, 0.2) is 0 Å². The number of hydrogen-bond donors (Lipinski definition) is 2. The van der Waals surface area contributed by atoms with Crippen molar-refractivity contribution in [3.05, 3.63) is 65.7 Å². The quantitative estimate of drug-likeness (QED) is 0.904. The molecule has 0 radical (unpaired) electrons. The van der Waals surface area contributed by atoms with E-state index in [0.29, 0.717) is 0 Å². The largest absolute Gasteiger partial charge is 0.385 e. The smallest absolute Gasteiger partial charge is 0.228 e. The van der Waals surface area contributed by atoms with Crippen molar-refractivity contribution in [3.63, 3.8) is 0 Å². The third-order valence-corrected chi connectivity index (χ3v) is 4.06. The molecule has 2 atom stereocenters. The summed E-state index contributed by atoms with van der Waals surface area (Å²) in [5.41, 5.74) is 3.31. The van der Waals surface area contributed by atoms with E-state index in [2.05, 4.69) is 10.6 Å². The Morgan fingerprint density at radius 3 is 2.67 bits per heavy atom. The van der Waals surface area contributed by atoms with E-state index in [-0.39, 0.29) is 17.9 Å². The molecule has 0 saturated carbocycles. The van der Waals surface area contributed by atoms with Crippen molar-refractivity contribution in [2.75, 3.05) is 11.9 Å². The number of carbonyl (C=O) groups is 1. The van der Waals surface area contributed by atoms with E-state index in [1.165, 1.54) is 0 Å². The van der Waals surface area contributed by atoms with Crippen molar-refractivity contribution >= 4 is 11.6 Å². The van der Waals surface area contributed by atoms with Crippen molar-refractivity contribution < 1.29 is 4.79 Å². The van der Waals surface area contributed by atoms with Crippen LogP contribution in [0.25, 0.3) is 0 Å². The molecule has 0 spiro atoms. The average Bonchev–Trinajstić information content (AvgIpc) is 2.55. The summed E-state index contributed by atoms with van der Waals surface area (Å²) in [7, 11) is 0. The average molecular weight is 280 g/mol. The number of carbonyl (C=O) groups excluding carboxylic acids is 1. The van der Waals surface area contributed by atoms with Crippen molar-refractivity contribution in [3.8, 4) is 0 Å². The Bertz CT molecular complexity index is 624. The Kier molecular flexibility index (Phi) is 3.91. The molecule has 0 fully saturated rings. The molecule has 0 aliphatic carbocycles. The molecule has 2 aromatic rings. The molecule has 1 amide bonds. The van der Waals surface area contributed by atoms with Crippen LogP contribution in [0.1, 0.15) is 36.4 Å².